The SMILES string of the molecule is Cc1cc(C)c2cc(-c3ccccc3)ccc2n1. The Morgan fingerprint density at radius 2 is 1.56 bits per heavy atom. The lowest BCUT2D eigenvalue weighted by atomic mass is 10.0. The van der Waals surface area contributed by atoms with Gasteiger partial charge in [-0.15, -0.1) is 0 Å². The molecule has 0 spiro atoms. The van der Waals surface area contributed by atoms with Gasteiger partial charge in [0.2, 0.25) is 0 Å². The van der Waals surface area contributed by atoms with Crippen molar-refractivity contribution in [1.29, 1.82) is 0 Å². The molecular formula is C17H15N. The molecule has 0 N–H and O–H groups in total. The number of fused-ring (bicyclic) bond motifs is 1. The first-order valence-corrected chi connectivity index (χ1v) is 6.17. The van der Waals surface area contributed by atoms with Gasteiger partial charge in [0.05, 0.1) is 5.52 Å². The van der Waals surface area contributed by atoms with Gasteiger partial charge in [-0.1, -0.05) is 36.4 Å². The number of nitrogens with zero attached hydrogens (tertiary/aromatic N) is 1. The van der Waals surface area contributed by atoms with Crippen LogP contribution in [0, 0.1) is 13.8 Å². The largest absolute Gasteiger partial charge is 0.253 e. The van der Waals surface area contributed by atoms with Gasteiger partial charge in [0.15, 0.2) is 0 Å². The molecule has 3 rings (SSSR count). The zero-order valence-corrected chi connectivity index (χ0v) is 10.6. The number of rotatable bonds is 1. The molecule has 0 radical (unpaired) electrons. The molecule has 0 saturated carbocycles. The average Bonchev–Trinajstić information content (AvgIpc) is 2.39. The Labute approximate surface area is 107 Å². The predicted octanol–water partition coefficient (Wildman–Crippen LogP) is 4.52. The second-order valence-electron chi connectivity index (χ2n) is 4.68. The Morgan fingerprint density at radius 1 is 0.778 bits per heavy atom. The summed E-state index contributed by atoms with van der Waals surface area (Å²) in [5, 5.41) is 1.24. The molecule has 0 aliphatic carbocycles. The number of benzene rings is 2. The number of aryl methyl sites for hydroxylation is 2. The summed E-state index contributed by atoms with van der Waals surface area (Å²) in [6.45, 7) is 4.18. The fourth-order valence-corrected chi connectivity index (χ4v) is 2.37. The highest BCUT2D eigenvalue weighted by molar-refractivity contribution is 5.87. The molecular weight excluding hydrogens is 218 g/mol. The van der Waals surface area contributed by atoms with Crippen LogP contribution in [0.25, 0.3) is 22.0 Å². The Kier molecular flexibility index (Phi) is 2.60. The van der Waals surface area contributed by atoms with Gasteiger partial charge in [-0.2, -0.15) is 0 Å². The molecule has 2 aromatic carbocycles. The lowest BCUT2D eigenvalue weighted by molar-refractivity contribution is 1.23. The van der Waals surface area contributed by atoms with Crippen molar-refractivity contribution in [3.8, 4) is 11.1 Å². The van der Waals surface area contributed by atoms with Crippen molar-refractivity contribution in [2.75, 3.05) is 0 Å². The third kappa shape index (κ3) is 1.88. The van der Waals surface area contributed by atoms with Gasteiger partial charge >= 0.3 is 0 Å². The van der Waals surface area contributed by atoms with Crippen molar-refractivity contribution in [3.63, 3.8) is 0 Å². The van der Waals surface area contributed by atoms with Crippen LogP contribution in [-0.2, 0) is 0 Å². The fraction of sp³-hybridized carbons (Fsp3) is 0.118. The van der Waals surface area contributed by atoms with Crippen LogP contribution in [-0.4, -0.2) is 4.98 Å². The maximum Gasteiger partial charge on any atom is 0.0708 e. The molecule has 0 unspecified atom stereocenters. The number of hydrogen-bond donors (Lipinski definition) is 0. The van der Waals surface area contributed by atoms with Crippen molar-refractivity contribution >= 4 is 10.9 Å². The molecule has 0 aliphatic rings. The van der Waals surface area contributed by atoms with Gasteiger partial charge < -0.3 is 0 Å². The molecule has 3 aromatic rings. The maximum absolute atomic E-state index is 4.57. The van der Waals surface area contributed by atoms with Crippen LogP contribution in [0.2, 0.25) is 0 Å². The van der Waals surface area contributed by atoms with E-state index in [2.05, 4.69) is 60.4 Å². The summed E-state index contributed by atoms with van der Waals surface area (Å²) in [5.74, 6) is 0. The van der Waals surface area contributed by atoms with E-state index in [1.807, 2.05) is 13.0 Å². The number of aromatic nitrogens is 1. The third-order valence-corrected chi connectivity index (χ3v) is 3.25. The quantitative estimate of drug-likeness (QED) is 0.602. The van der Waals surface area contributed by atoms with Crippen LogP contribution < -0.4 is 0 Å². The van der Waals surface area contributed by atoms with E-state index >= 15 is 0 Å². The standard InChI is InChI=1S/C17H15N/c1-12-10-13(2)18-17-9-8-15(11-16(12)17)14-6-4-3-5-7-14/h3-11H,1-2H3. The minimum Gasteiger partial charge on any atom is -0.253 e. The highest BCUT2D eigenvalue weighted by Crippen LogP contribution is 2.25. The summed E-state index contributed by atoms with van der Waals surface area (Å²) in [6.07, 6.45) is 0. The van der Waals surface area contributed by atoms with Crippen LogP contribution >= 0.6 is 0 Å². The topological polar surface area (TPSA) is 12.9 Å². The van der Waals surface area contributed by atoms with E-state index in [0.717, 1.165) is 11.2 Å². The van der Waals surface area contributed by atoms with Gasteiger partial charge in [-0.3, -0.25) is 4.98 Å². The highest BCUT2D eigenvalue weighted by Gasteiger charge is 2.03. The molecule has 0 saturated heterocycles. The molecule has 18 heavy (non-hydrogen) atoms. The zero-order chi connectivity index (χ0) is 12.5. The van der Waals surface area contributed by atoms with Crippen molar-refractivity contribution in [3.05, 3.63) is 65.9 Å². The van der Waals surface area contributed by atoms with Crippen molar-refractivity contribution in [1.82, 2.24) is 4.98 Å². The first-order chi connectivity index (χ1) is 8.74. The molecule has 1 heteroatoms. The first-order valence-electron chi connectivity index (χ1n) is 6.17. The summed E-state index contributed by atoms with van der Waals surface area (Å²) >= 11 is 0. The fourth-order valence-electron chi connectivity index (χ4n) is 2.37. The maximum atomic E-state index is 4.57. The molecule has 1 aromatic heterocycles. The first kappa shape index (κ1) is 11.0. The van der Waals surface area contributed by atoms with Crippen molar-refractivity contribution < 1.29 is 0 Å². The monoisotopic (exact) mass is 233 g/mol. The van der Waals surface area contributed by atoms with Crippen molar-refractivity contribution in [2.45, 2.75) is 13.8 Å². The van der Waals surface area contributed by atoms with E-state index in [0.29, 0.717) is 0 Å². The van der Waals surface area contributed by atoms with Crippen LogP contribution in [0.1, 0.15) is 11.3 Å². The minimum atomic E-state index is 1.08. The second-order valence-corrected chi connectivity index (χ2v) is 4.68. The van der Waals surface area contributed by atoms with Gasteiger partial charge in [0.1, 0.15) is 0 Å². The minimum absolute atomic E-state index is 1.08. The van der Waals surface area contributed by atoms with Gasteiger partial charge in [-0.05, 0) is 48.7 Å². The molecule has 0 bridgehead atoms. The predicted molar refractivity (Wildman–Crippen MR) is 76.7 cm³/mol. The number of hydrogen-bond acceptors (Lipinski definition) is 1. The van der Waals surface area contributed by atoms with E-state index < -0.39 is 0 Å². The molecule has 0 fully saturated rings. The van der Waals surface area contributed by atoms with Crippen LogP contribution in [0.3, 0.4) is 0 Å². The van der Waals surface area contributed by atoms with Crippen LogP contribution in [0.5, 0.6) is 0 Å². The van der Waals surface area contributed by atoms with E-state index in [9.17, 15) is 0 Å². The molecule has 88 valence electrons. The molecule has 0 atom stereocenters. The molecule has 0 amide bonds. The van der Waals surface area contributed by atoms with Crippen LogP contribution in [0.4, 0.5) is 0 Å². The van der Waals surface area contributed by atoms with E-state index in [-0.39, 0.29) is 0 Å². The highest BCUT2D eigenvalue weighted by atomic mass is 14.7. The average molecular weight is 233 g/mol. The Balaban J connectivity index is 2.23. The molecule has 1 heterocycles. The summed E-state index contributed by atoms with van der Waals surface area (Å²) in [7, 11) is 0. The summed E-state index contributed by atoms with van der Waals surface area (Å²) < 4.78 is 0. The van der Waals surface area contributed by atoms with Crippen LogP contribution in [0.15, 0.2) is 54.6 Å². The molecule has 0 aliphatic heterocycles. The lowest BCUT2D eigenvalue weighted by Crippen LogP contribution is -1.88. The van der Waals surface area contributed by atoms with Gasteiger partial charge in [-0.25, -0.2) is 0 Å². The number of pyridine rings is 1. The van der Waals surface area contributed by atoms with Crippen molar-refractivity contribution in [2.24, 2.45) is 0 Å². The second kappa shape index (κ2) is 4.26. The zero-order valence-electron chi connectivity index (χ0n) is 10.6. The Hall–Kier alpha value is -2.15. The Morgan fingerprint density at radius 3 is 2.33 bits per heavy atom. The van der Waals surface area contributed by atoms with Gasteiger partial charge in [0.25, 0.3) is 0 Å². The molecule has 1 nitrogen and oxygen atoms in total. The third-order valence-electron chi connectivity index (χ3n) is 3.25. The smallest absolute Gasteiger partial charge is 0.0708 e. The van der Waals surface area contributed by atoms with E-state index in [4.69, 9.17) is 0 Å². The summed E-state index contributed by atoms with van der Waals surface area (Å²) in [6, 6.07) is 19.1. The Bertz CT molecular complexity index is 699. The van der Waals surface area contributed by atoms with Gasteiger partial charge in [0, 0.05) is 11.1 Å². The van der Waals surface area contributed by atoms with E-state index in [1.165, 1.54) is 22.1 Å². The van der Waals surface area contributed by atoms with E-state index in [1.54, 1.807) is 0 Å². The summed E-state index contributed by atoms with van der Waals surface area (Å²) in [4.78, 5) is 4.57. The lowest BCUT2D eigenvalue weighted by Gasteiger charge is -2.07. The normalized spacial score (nSPS) is 10.8. The summed E-state index contributed by atoms with van der Waals surface area (Å²) in [5.41, 5.74) is 5.94.